The van der Waals surface area contributed by atoms with E-state index in [0.717, 1.165) is 24.1 Å². The summed E-state index contributed by atoms with van der Waals surface area (Å²) >= 11 is 7.12. The number of likely N-dealkylation sites (N-methyl/N-ethyl adjacent to an activating group) is 1. The van der Waals surface area contributed by atoms with Gasteiger partial charge in [0, 0.05) is 23.3 Å². The van der Waals surface area contributed by atoms with Crippen LogP contribution < -0.4 is 16.3 Å². The number of rotatable bonds is 5. The molecule has 1 aliphatic carbocycles. The molecule has 0 saturated carbocycles. The van der Waals surface area contributed by atoms with Crippen LogP contribution in [0, 0.1) is 0 Å². The van der Waals surface area contributed by atoms with Gasteiger partial charge in [0.15, 0.2) is 0 Å². The van der Waals surface area contributed by atoms with E-state index in [1.165, 1.54) is 11.5 Å². The van der Waals surface area contributed by atoms with E-state index in [1.807, 2.05) is 24.3 Å². The number of halogens is 1. The number of nitrogens with one attached hydrogen (secondary N) is 2. The fourth-order valence-corrected chi connectivity index (χ4v) is 3.46. The second-order valence-corrected chi connectivity index (χ2v) is 6.99. The van der Waals surface area contributed by atoms with Crippen molar-refractivity contribution in [2.75, 3.05) is 12.4 Å². The van der Waals surface area contributed by atoms with E-state index < -0.39 is 0 Å². The van der Waals surface area contributed by atoms with Crippen molar-refractivity contribution in [3.05, 3.63) is 63.1 Å². The topological polar surface area (TPSA) is 76.0 Å². The van der Waals surface area contributed by atoms with Crippen LogP contribution in [0.4, 0.5) is 10.8 Å². The van der Waals surface area contributed by atoms with Gasteiger partial charge >= 0.3 is 5.69 Å². The Morgan fingerprint density at radius 1 is 1.36 bits per heavy atom. The van der Waals surface area contributed by atoms with Gasteiger partial charge in [-0.25, -0.2) is 8.75 Å². The van der Waals surface area contributed by atoms with E-state index in [1.54, 1.807) is 23.1 Å². The first-order valence-corrected chi connectivity index (χ1v) is 8.93. The van der Waals surface area contributed by atoms with Crippen molar-refractivity contribution in [2.45, 2.75) is 19.4 Å². The van der Waals surface area contributed by atoms with Gasteiger partial charge in [-0.3, -0.25) is 4.79 Å². The molecule has 0 unspecified atom stereocenters. The summed E-state index contributed by atoms with van der Waals surface area (Å²) in [5.74, 6) is -0.112. The molecule has 3 rings (SSSR count). The Labute approximate surface area is 154 Å². The molecule has 1 aromatic heterocycles. The quantitative estimate of drug-likeness (QED) is 0.840. The molecular formula is C17H17ClN4O2S. The second-order valence-electron chi connectivity index (χ2n) is 5.54. The first-order chi connectivity index (χ1) is 12.0. The zero-order valence-electron chi connectivity index (χ0n) is 13.6. The monoisotopic (exact) mass is 376 g/mol. The van der Waals surface area contributed by atoms with Crippen molar-refractivity contribution in [3.63, 3.8) is 0 Å². The van der Waals surface area contributed by atoms with Crippen molar-refractivity contribution in [2.24, 2.45) is 0 Å². The predicted molar refractivity (Wildman–Crippen MR) is 101 cm³/mol. The first-order valence-electron chi connectivity index (χ1n) is 7.77. The van der Waals surface area contributed by atoms with Gasteiger partial charge in [0.1, 0.15) is 0 Å². The average molecular weight is 377 g/mol. The van der Waals surface area contributed by atoms with Crippen molar-refractivity contribution < 1.29 is 4.79 Å². The SMILES string of the molecule is CNC(=O)C1=CCCC(Cn2sc(Nc3ccc(Cl)cc3)nc2=O)=C1. The van der Waals surface area contributed by atoms with Gasteiger partial charge in [-0.05, 0) is 60.3 Å². The van der Waals surface area contributed by atoms with Crippen LogP contribution in [-0.4, -0.2) is 21.9 Å². The molecule has 1 aliphatic rings. The zero-order chi connectivity index (χ0) is 17.8. The molecule has 1 aromatic carbocycles. The lowest BCUT2D eigenvalue weighted by Crippen LogP contribution is -2.21. The molecule has 0 radical (unpaired) electrons. The fraction of sp³-hybridized carbons (Fsp3) is 0.235. The smallest absolute Gasteiger partial charge is 0.355 e. The molecule has 0 saturated heterocycles. The first kappa shape index (κ1) is 17.4. The number of amides is 1. The van der Waals surface area contributed by atoms with E-state index in [0.29, 0.717) is 22.3 Å². The number of carbonyl (C=O) groups excluding carboxylic acids is 1. The number of anilines is 2. The molecule has 1 heterocycles. The van der Waals surface area contributed by atoms with Crippen LogP contribution in [0.2, 0.25) is 5.02 Å². The maximum Gasteiger partial charge on any atom is 0.360 e. The van der Waals surface area contributed by atoms with Crippen LogP contribution in [-0.2, 0) is 11.3 Å². The lowest BCUT2D eigenvalue weighted by Gasteiger charge is -2.12. The molecule has 0 bridgehead atoms. The third-order valence-corrected chi connectivity index (χ3v) is 4.85. The van der Waals surface area contributed by atoms with Gasteiger partial charge in [0.25, 0.3) is 5.91 Å². The highest BCUT2D eigenvalue weighted by Crippen LogP contribution is 2.22. The van der Waals surface area contributed by atoms with Crippen LogP contribution in [0.15, 0.2) is 52.4 Å². The van der Waals surface area contributed by atoms with E-state index >= 15 is 0 Å². The van der Waals surface area contributed by atoms with E-state index in [2.05, 4.69) is 15.6 Å². The van der Waals surface area contributed by atoms with E-state index in [4.69, 9.17) is 11.6 Å². The Bertz CT molecular complexity index is 896. The zero-order valence-corrected chi connectivity index (χ0v) is 15.2. The largest absolute Gasteiger partial charge is 0.360 e. The maximum absolute atomic E-state index is 12.1. The fourth-order valence-electron chi connectivity index (χ4n) is 2.49. The highest BCUT2D eigenvalue weighted by Gasteiger charge is 2.14. The summed E-state index contributed by atoms with van der Waals surface area (Å²) < 4.78 is 1.58. The van der Waals surface area contributed by atoms with Crippen molar-refractivity contribution in [1.29, 1.82) is 0 Å². The van der Waals surface area contributed by atoms with Gasteiger partial charge in [0.2, 0.25) is 5.13 Å². The molecule has 130 valence electrons. The van der Waals surface area contributed by atoms with Gasteiger partial charge in [0.05, 0.1) is 6.54 Å². The summed E-state index contributed by atoms with van der Waals surface area (Å²) in [6.45, 7) is 0.438. The minimum Gasteiger partial charge on any atom is -0.355 e. The molecule has 2 N–H and O–H groups in total. The Kier molecular flexibility index (Phi) is 5.35. The molecule has 6 nitrogen and oxygen atoms in total. The summed E-state index contributed by atoms with van der Waals surface area (Å²) in [5.41, 5.74) is 2.18. The molecule has 0 atom stereocenters. The number of carbonyl (C=O) groups is 1. The minimum absolute atomic E-state index is 0.112. The van der Waals surface area contributed by atoms with Crippen LogP contribution in [0.5, 0.6) is 0 Å². The lowest BCUT2D eigenvalue weighted by molar-refractivity contribution is -0.116. The van der Waals surface area contributed by atoms with Gasteiger partial charge in [-0.2, -0.15) is 4.98 Å². The van der Waals surface area contributed by atoms with Crippen molar-refractivity contribution >= 4 is 39.9 Å². The number of benzene rings is 1. The summed E-state index contributed by atoms with van der Waals surface area (Å²) in [7, 11) is 1.60. The third-order valence-electron chi connectivity index (χ3n) is 3.73. The summed E-state index contributed by atoms with van der Waals surface area (Å²) in [6.07, 6.45) is 5.37. The van der Waals surface area contributed by atoms with Crippen LogP contribution in [0.25, 0.3) is 0 Å². The highest BCUT2D eigenvalue weighted by atomic mass is 35.5. The standard InChI is InChI=1S/C17H17ClN4O2S/c1-19-15(23)12-4-2-3-11(9-12)10-22-17(24)21-16(25-22)20-14-7-5-13(18)6-8-14/h4-9H,2-3,10H2,1H3,(H,19,23)(H,20,21,24). The molecule has 0 aliphatic heterocycles. The van der Waals surface area contributed by atoms with Crippen molar-refractivity contribution in [1.82, 2.24) is 14.3 Å². The molecule has 2 aromatic rings. The molecule has 0 spiro atoms. The lowest BCUT2D eigenvalue weighted by atomic mass is 9.99. The Morgan fingerprint density at radius 3 is 2.84 bits per heavy atom. The second kappa shape index (κ2) is 7.67. The van der Waals surface area contributed by atoms with Crippen LogP contribution in [0.3, 0.4) is 0 Å². The highest BCUT2D eigenvalue weighted by molar-refractivity contribution is 7.10. The van der Waals surface area contributed by atoms with Gasteiger partial charge in [-0.1, -0.05) is 17.7 Å². The van der Waals surface area contributed by atoms with Crippen LogP contribution in [0.1, 0.15) is 12.8 Å². The molecular weight excluding hydrogens is 360 g/mol. The average Bonchev–Trinajstić information content (AvgIpc) is 2.95. The molecule has 0 fully saturated rings. The molecule has 25 heavy (non-hydrogen) atoms. The number of nitrogens with zero attached hydrogens (tertiary/aromatic N) is 2. The molecule has 8 heteroatoms. The van der Waals surface area contributed by atoms with E-state index in [9.17, 15) is 9.59 Å². The number of aromatic nitrogens is 2. The summed E-state index contributed by atoms with van der Waals surface area (Å²) in [6, 6.07) is 7.18. The minimum atomic E-state index is -0.307. The number of hydrogen-bond acceptors (Lipinski definition) is 5. The Hall–Kier alpha value is -2.38. The third kappa shape index (κ3) is 4.37. The van der Waals surface area contributed by atoms with E-state index in [-0.39, 0.29) is 11.6 Å². The predicted octanol–water partition coefficient (Wildman–Crippen LogP) is 3.09. The van der Waals surface area contributed by atoms with Crippen LogP contribution >= 0.6 is 23.1 Å². The van der Waals surface area contributed by atoms with Gasteiger partial charge in [-0.15, -0.1) is 0 Å². The van der Waals surface area contributed by atoms with Gasteiger partial charge < -0.3 is 10.6 Å². The van der Waals surface area contributed by atoms with Crippen molar-refractivity contribution in [3.8, 4) is 0 Å². The number of allylic oxidation sites excluding steroid dienone is 2. The summed E-state index contributed by atoms with van der Waals surface area (Å²) in [4.78, 5) is 27.9. The number of hydrogen-bond donors (Lipinski definition) is 2. The summed E-state index contributed by atoms with van der Waals surface area (Å²) in [5, 5.41) is 6.88. The Morgan fingerprint density at radius 2 is 2.12 bits per heavy atom. The molecule has 1 amide bonds. The maximum atomic E-state index is 12.1. The Balaban J connectivity index is 1.73. The normalized spacial score (nSPS) is 13.8.